The molecule has 0 unspecified atom stereocenters. The van der Waals surface area contributed by atoms with E-state index >= 15 is 0 Å². The van der Waals surface area contributed by atoms with Crippen LogP contribution in [0.2, 0.25) is 5.02 Å². The van der Waals surface area contributed by atoms with Gasteiger partial charge in [-0.1, -0.05) is 29.8 Å². The average molecular weight is 278 g/mol. The molecule has 0 bridgehead atoms. The lowest BCUT2D eigenvalue weighted by molar-refractivity contribution is -0.139. The fraction of sp³-hybridized carbons (Fsp3) is 0.0833. The van der Waals surface area contributed by atoms with Crippen molar-refractivity contribution in [1.82, 2.24) is 9.78 Å². The summed E-state index contributed by atoms with van der Waals surface area (Å²) in [5, 5.41) is 21.5. The van der Waals surface area contributed by atoms with E-state index in [-0.39, 0.29) is 16.6 Å². The molecule has 6 nitrogen and oxygen atoms in total. The Labute approximate surface area is 113 Å². The van der Waals surface area contributed by atoms with Gasteiger partial charge in [-0.25, -0.2) is 4.79 Å². The predicted molar refractivity (Wildman–Crippen MR) is 66.4 cm³/mol. The van der Waals surface area contributed by atoms with Crippen LogP contribution in [0.25, 0.3) is 5.69 Å². The molecule has 1 aromatic carbocycles. The molecular weight excluding hydrogens is 270 g/mol. The number of benzene rings is 1. The third kappa shape index (κ3) is 2.67. The van der Waals surface area contributed by atoms with E-state index in [0.717, 1.165) is 0 Å². The van der Waals surface area contributed by atoms with E-state index in [1.54, 1.807) is 24.3 Å². The van der Waals surface area contributed by atoms with Crippen molar-refractivity contribution in [1.29, 1.82) is 5.26 Å². The molecule has 1 aromatic heterocycles. The van der Waals surface area contributed by atoms with Gasteiger partial charge in [0.1, 0.15) is 11.1 Å². The molecule has 0 radical (unpaired) electrons. The van der Waals surface area contributed by atoms with Gasteiger partial charge in [0.05, 0.1) is 5.69 Å². The zero-order valence-corrected chi connectivity index (χ0v) is 10.3. The van der Waals surface area contributed by atoms with Crippen molar-refractivity contribution < 1.29 is 14.6 Å². The number of aliphatic carboxylic acids is 1. The number of para-hydroxylation sites is 1. The van der Waals surface area contributed by atoms with E-state index in [0.29, 0.717) is 5.69 Å². The Hall–Kier alpha value is -2.52. The van der Waals surface area contributed by atoms with Crippen molar-refractivity contribution in [2.45, 2.75) is 0 Å². The van der Waals surface area contributed by atoms with Gasteiger partial charge in [0.15, 0.2) is 12.3 Å². The highest BCUT2D eigenvalue weighted by atomic mass is 35.5. The van der Waals surface area contributed by atoms with Gasteiger partial charge >= 0.3 is 5.97 Å². The zero-order valence-electron chi connectivity index (χ0n) is 9.58. The van der Waals surface area contributed by atoms with Crippen LogP contribution in [0.15, 0.2) is 30.3 Å². The molecule has 0 saturated carbocycles. The Balaban J connectivity index is 2.48. The molecule has 1 heterocycles. The SMILES string of the molecule is N#Cc1nn(-c2ccccc2)c(OCC(=O)O)c1Cl. The topological polar surface area (TPSA) is 88.1 Å². The van der Waals surface area contributed by atoms with Crippen LogP contribution in [0.1, 0.15) is 5.69 Å². The maximum Gasteiger partial charge on any atom is 0.341 e. The molecule has 0 spiro atoms. The van der Waals surface area contributed by atoms with E-state index in [9.17, 15) is 4.79 Å². The molecule has 0 aliphatic rings. The summed E-state index contributed by atoms with van der Waals surface area (Å²) in [6, 6.07) is 10.7. The van der Waals surface area contributed by atoms with Gasteiger partial charge in [-0.3, -0.25) is 0 Å². The van der Waals surface area contributed by atoms with Crippen LogP contribution in [0.3, 0.4) is 0 Å². The third-order valence-corrected chi connectivity index (χ3v) is 2.57. The molecule has 0 fully saturated rings. The maximum atomic E-state index is 10.5. The number of carboxylic acids is 1. The van der Waals surface area contributed by atoms with E-state index in [4.69, 9.17) is 26.7 Å². The lowest BCUT2D eigenvalue weighted by atomic mass is 10.3. The number of carbonyl (C=O) groups is 1. The van der Waals surface area contributed by atoms with Gasteiger partial charge < -0.3 is 9.84 Å². The van der Waals surface area contributed by atoms with Crippen LogP contribution in [0.5, 0.6) is 5.88 Å². The van der Waals surface area contributed by atoms with Crippen molar-refractivity contribution in [3.05, 3.63) is 41.0 Å². The Kier molecular flexibility index (Phi) is 3.68. The van der Waals surface area contributed by atoms with E-state index in [1.807, 2.05) is 12.1 Å². The summed E-state index contributed by atoms with van der Waals surface area (Å²) in [7, 11) is 0. The van der Waals surface area contributed by atoms with E-state index < -0.39 is 12.6 Å². The second-order valence-electron chi connectivity index (χ2n) is 3.51. The maximum absolute atomic E-state index is 10.5. The second kappa shape index (κ2) is 5.42. The monoisotopic (exact) mass is 277 g/mol. The molecule has 96 valence electrons. The highest BCUT2D eigenvalue weighted by molar-refractivity contribution is 6.32. The van der Waals surface area contributed by atoms with Gasteiger partial charge in [-0.15, -0.1) is 0 Å². The molecule has 0 aliphatic heterocycles. The molecule has 19 heavy (non-hydrogen) atoms. The average Bonchev–Trinajstić information content (AvgIpc) is 2.74. The summed E-state index contributed by atoms with van der Waals surface area (Å²) >= 11 is 5.94. The number of carboxylic acid groups (broad SMARTS) is 1. The largest absolute Gasteiger partial charge is 0.479 e. The number of nitriles is 1. The minimum absolute atomic E-state index is 0.00685. The van der Waals surface area contributed by atoms with Gasteiger partial charge in [0, 0.05) is 0 Å². The number of halogens is 1. The lowest BCUT2D eigenvalue weighted by Crippen LogP contribution is -2.12. The summed E-state index contributed by atoms with van der Waals surface area (Å²) < 4.78 is 6.38. The minimum atomic E-state index is -1.14. The van der Waals surface area contributed by atoms with Crippen molar-refractivity contribution >= 4 is 17.6 Å². The summed E-state index contributed by atoms with van der Waals surface area (Å²) in [4.78, 5) is 10.5. The number of nitrogens with zero attached hydrogens (tertiary/aromatic N) is 3. The Morgan fingerprint density at radius 1 is 1.47 bits per heavy atom. The van der Waals surface area contributed by atoms with Gasteiger partial charge in [0.2, 0.25) is 5.88 Å². The predicted octanol–water partition coefficient (Wildman–Crippen LogP) is 1.86. The minimum Gasteiger partial charge on any atom is -0.479 e. The first kappa shape index (κ1) is 12.9. The fourth-order valence-electron chi connectivity index (χ4n) is 1.45. The highest BCUT2D eigenvalue weighted by Crippen LogP contribution is 2.30. The van der Waals surface area contributed by atoms with Crippen LogP contribution < -0.4 is 4.74 Å². The smallest absolute Gasteiger partial charge is 0.341 e. The Morgan fingerprint density at radius 3 is 2.74 bits per heavy atom. The van der Waals surface area contributed by atoms with Crippen molar-refractivity contribution in [3.63, 3.8) is 0 Å². The standard InChI is InChI=1S/C12H8ClN3O3/c13-11-9(6-14)15-16(8-4-2-1-3-5-8)12(11)19-7-10(17)18/h1-5H,7H2,(H,17,18). The number of rotatable bonds is 4. The Bertz CT molecular complexity index is 646. The van der Waals surface area contributed by atoms with Crippen LogP contribution >= 0.6 is 11.6 Å². The van der Waals surface area contributed by atoms with Crippen molar-refractivity contribution in [2.75, 3.05) is 6.61 Å². The van der Waals surface area contributed by atoms with Crippen molar-refractivity contribution in [2.24, 2.45) is 0 Å². The Morgan fingerprint density at radius 2 is 2.16 bits per heavy atom. The van der Waals surface area contributed by atoms with Gasteiger partial charge in [-0.05, 0) is 12.1 Å². The molecule has 2 rings (SSSR count). The summed E-state index contributed by atoms with van der Waals surface area (Å²) in [6.45, 7) is -0.566. The highest BCUT2D eigenvalue weighted by Gasteiger charge is 2.19. The lowest BCUT2D eigenvalue weighted by Gasteiger charge is -2.07. The molecule has 1 N–H and O–H groups in total. The molecule has 0 saturated heterocycles. The quantitative estimate of drug-likeness (QED) is 0.921. The first-order valence-corrected chi connectivity index (χ1v) is 5.60. The number of hydrogen-bond donors (Lipinski definition) is 1. The summed E-state index contributed by atoms with van der Waals surface area (Å²) in [5.74, 6) is -1.11. The normalized spacial score (nSPS) is 9.89. The number of ether oxygens (including phenoxy) is 1. The van der Waals surface area contributed by atoms with E-state index in [2.05, 4.69) is 5.10 Å². The first-order chi connectivity index (χ1) is 9.13. The van der Waals surface area contributed by atoms with Crippen LogP contribution in [0, 0.1) is 11.3 Å². The third-order valence-electron chi connectivity index (χ3n) is 2.23. The molecule has 0 atom stereocenters. The fourth-order valence-corrected chi connectivity index (χ4v) is 1.67. The first-order valence-electron chi connectivity index (χ1n) is 5.22. The second-order valence-corrected chi connectivity index (χ2v) is 3.89. The molecule has 2 aromatic rings. The van der Waals surface area contributed by atoms with Gasteiger partial charge in [-0.2, -0.15) is 15.0 Å². The summed E-state index contributed by atoms with van der Waals surface area (Å²) in [6.07, 6.45) is 0. The molecule has 0 amide bonds. The number of hydrogen-bond acceptors (Lipinski definition) is 4. The van der Waals surface area contributed by atoms with Crippen LogP contribution in [-0.4, -0.2) is 27.5 Å². The van der Waals surface area contributed by atoms with Crippen molar-refractivity contribution in [3.8, 4) is 17.6 Å². The molecular formula is C12H8ClN3O3. The number of aromatic nitrogens is 2. The summed E-state index contributed by atoms with van der Waals surface area (Å²) in [5.41, 5.74) is 0.595. The van der Waals surface area contributed by atoms with Crippen LogP contribution in [-0.2, 0) is 4.79 Å². The molecule has 7 heteroatoms. The van der Waals surface area contributed by atoms with Crippen LogP contribution in [0.4, 0.5) is 0 Å². The molecule has 0 aliphatic carbocycles. The zero-order chi connectivity index (χ0) is 13.8. The van der Waals surface area contributed by atoms with E-state index in [1.165, 1.54) is 4.68 Å². The van der Waals surface area contributed by atoms with Gasteiger partial charge in [0.25, 0.3) is 0 Å².